The summed E-state index contributed by atoms with van der Waals surface area (Å²) < 4.78 is 8.04. The summed E-state index contributed by atoms with van der Waals surface area (Å²) in [4.78, 5) is 19.1. The van der Waals surface area contributed by atoms with Crippen LogP contribution in [0.1, 0.15) is 50.6 Å². The van der Waals surface area contributed by atoms with E-state index in [0.717, 1.165) is 61.7 Å². The summed E-state index contributed by atoms with van der Waals surface area (Å²) in [6.07, 6.45) is 12.3. The number of carboxylic acid groups (broad SMARTS) is 2. The third kappa shape index (κ3) is 5.67. The van der Waals surface area contributed by atoms with Gasteiger partial charge >= 0.3 is 11.9 Å². The van der Waals surface area contributed by atoms with Crippen LogP contribution in [0.2, 0.25) is 0 Å². The zero-order chi connectivity index (χ0) is 21.8. The summed E-state index contributed by atoms with van der Waals surface area (Å²) in [5.41, 5.74) is 1.35. The van der Waals surface area contributed by atoms with Crippen LogP contribution in [0.4, 0.5) is 0 Å². The van der Waals surface area contributed by atoms with E-state index in [1.807, 2.05) is 0 Å². The van der Waals surface area contributed by atoms with Crippen molar-refractivity contribution < 1.29 is 24.5 Å². The summed E-state index contributed by atoms with van der Waals surface area (Å²) >= 11 is 0. The van der Waals surface area contributed by atoms with E-state index in [2.05, 4.69) is 21.2 Å². The van der Waals surface area contributed by atoms with Crippen LogP contribution in [0.15, 0.2) is 18.2 Å². The second kappa shape index (κ2) is 9.85. The van der Waals surface area contributed by atoms with Gasteiger partial charge in [-0.25, -0.2) is 9.59 Å². The number of hydrogen-bond acceptors (Lipinski definition) is 5. The van der Waals surface area contributed by atoms with Crippen LogP contribution in [-0.4, -0.2) is 51.1 Å². The molecule has 0 aromatic carbocycles. The lowest BCUT2D eigenvalue weighted by Gasteiger charge is -2.54. The minimum atomic E-state index is -1.26. The molecule has 0 unspecified atom stereocenters. The number of nitrogens with zero attached hydrogens (tertiary/aromatic N) is 2. The fourth-order valence-electron chi connectivity index (χ4n) is 6.24. The normalized spacial score (nSPS) is 30.5. The van der Waals surface area contributed by atoms with Gasteiger partial charge in [0.2, 0.25) is 5.88 Å². The Morgan fingerprint density at radius 3 is 2.29 bits per heavy atom. The number of aromatic nitrogens is 2. The van der Waals surface area contributed by atoms with E-state index in [1.165, 1.54) is 50.6 Å². The minimum Gasteiger partial charge on any atom is -0.478 e. The second-order valence-electron chi connectivity index (χ2n) is 9.42. The van der Waals surface area contributed by atoms with Gasteiger partial charge in [0.25, 0.3) is 0 Å². The lowest BCUT2D eigenvalue weighted by molar-refractivity contribution is -0.134. The molecule has 31 heavy (non-hydrogen) atoms. The highest BCUT2D eigenvalue weighted by molar-refractivity contribution is 5.89. The van der Waals surface area contributed by atoms with Gasteiger partial charge in [-0.15, -0.1) is 5.10 Å². The minimum absolute atomic E-state index is 0.558. The highest BCUT2D eigenvalue weighted by Crippen LogP contribution is 2.53. The van der Waals surface area contributed by atoms with Gasteiger partial charge in [-0.1, -0.05) is 0 Å². The van der Waals surface area contributed by atoms with Gasteiger partial charge in [0.15, 0.2) is 0 Å². The molecule has 5 aliphatic rings. The zero-order valence-corrected chi connectivity index (χ0v) is 17.9. The average molecular weight is 432 g/mol. The fraction of sp³-hybridized carbons (Fsp3) is 0.696. The monoisotopic (exact) mass is 431 g/mol. The number of fused-ring (bicyclic) bond motifs is 1. The Hall–Kier alpha value is -2.35. The van der Waals surface area contributed by atoms with E-state index in [1.54, 1.807) is 0 Å². The van der Waals surface area contributed by atoms with E-state index >= 15 is 0 Å². The molecule has 4 saturated carbocycles. The predicted octanol–water partition coefficient (Wildman–Crippen LogP) is 2.72. The molecule has 4 aliphatic carbocycles. The molecule has 6 rings (SSSR count). The first-order valence-corrected chi connectivity index (χ1v) is 11.5. The Morgan fingerprint density at radius 2 is 1.71 bits per heavy atom. The Bertz CT molecular complexity index is 751. The Morgan fingerprint density at radius 1 is 1.06 bits per heavy atom. The molecule has 1 aromatic heterocycles. The number of ether oxygens (including phenoxy) is 1. The summed E-state index contributed by atoms with van der Waals surface area (Å²) in [7, 11) is 0. The first-order valence-electron chi connectivity index (χ1n) is 11.5. The van der Waals surface area contributed by atoms with Crippen LogP contribution in [0, 0.1) is 23.7 Å². The summed E-state index contributed by atoms with van der Waals surface area (Å²) in [6, 6.07) is 2.91. The van der Waals surface area contributed by atoms with E-state index in [0.29, 0.717) is 12.2 Å². The van der Waals surface area contributed by atoms with Crippen molar-refractivity contribution >= 4 is 11.9 Å². The van der Waals surface area contributed by atoms with Crippen molar-refractivity contribution in [2.24, 2.45) is 23.7 Å². The van der Waals surface area contributed by atoms with Crippen molar-refractivity contribution in [1.82, 2.24) is 15.1 Å². The summed E-state index contributed by atoms with van der Waals surface area (Å²) in [6.45, 7) is 2.78. The van der Waals surface area contributed by atoms with E-state index in [4.69, 9.17) is 14.9 Å². The molecule has 8 heteroatoms. The van der Waals surface area contributed by atoms with Crippen LogP contribution in [0.25, 0.3) is 0 Å². The van der Waals surface area contributed by atoms with Crippen molar-refractivity contribution in [2.45, 2.75) is 64.0 Å². The highest BCUT2D eigenvalue weighted by atomic mass is 16.5. The molecule has 8 nitrogen and oxygen atoms in total. The second-order valence-corrected chi connectivity index (χ2v) is 9.42. The number of carboxylic acids is 2. The van der Waals surface area contributed by atoms with Crippen LogP contribution in [0.3, 0.4) is 0 Å². The number of rotatable bonds is 7. The molecule has 3 N–H and O–H groups in total. The van der Waals surface area contributed by atoms with Gasteiger partial charge in [0.05, 0.1) is 0 Å². The summed E-state index contributed by atoms with van der Waals surface area (Å²) in [5.74, 6) is 2.33. The maximum Gasteiger partial charge on any atom is 0.328 e. The molecular weight excluding hydrogens is 398 g/mol. The lowest BCUT2D eigenvalue weighted by atomic mass is 9.54. The Labute approximate surface area is 182 Å². The molecule has 0 atom stereocenters. The molecule has 2 heterocycles. The van der Waals surface area contributed by atoms with Crippen LogP contribution in [0.5, 0.6) is 5.88 Å². The Balaban J connectivity index is 0.000000250. The molecular formula is C23H33N3O5. The number of carbonyl (C=O) groups is 2. The zero-order valence-electron chi connectivity index (χ0n) is 17.9. The van der Waals surface area contributed by atoms with E-state index < -0.39 is 11.9 Å². The van der Waals surface area contributed by atoms with Gasteiger partial charge in [-0.05, 0) is 75.0 Å². The largest absolute Gasteiger partial charge is 0.478 e. The van der Waals surface area contributed by atoms with Crippen LogP contribution >= 0.6 is 0 Å². The van der Waals surface area contributed by atoms with E-state index in [-0.39, 0.29) is 0 Å². The molecule has 0 radical (unpaired) electrons. The van der Waals surface area contributed by atoms with Gasteiger partial charge in [-0.2, -0.15) is 0 Å². The van der Waals surface area contributed by atoms with Crippen molar-refractivity contribution in [1.29, 1.82) is 0 Å². The van der Waals surface area contributed by atoms with Gasteiger partial charge in [0.1, 0.15) is 6.61 Å². The SMILES string of the molecule is O=C(O)C=CC(=O)O.c1c(OCCNC2C3CC4CC(C3)CC2C4)nn2c1CCCC2. The number of nitrogens with one attached hydrogen (secondary N) is 1. The number of aliphatic carboxylic acids is 2. The third-order valence-electron chi connectivity index (χ3n) is 7.22. The summed E-state index contributed by atoms with van der Waals surface area (Å²) in [5, 5.41) is 24.0. The van der Waals surface area contributed by atoms with Crippen molar-refractivity contribution in [2.75, 3.05) is 13.2 Å². The lowest BCUT2D eigenvalue weighted by Crippen LogP contribution is -2.55. The first-order chi connectivity index (χ1) is 15.0. The van der Waals surface area contributed by atoms with Gasteiger partial charge < -0.3 is 20.3 Å². The highest BCUT2D eigenvalue weighted by Gasteiger charge is 2.47. The maximum absolute atomic E-state index is 9.55. The molecule has 4 fully saturated rings. The molecule has 1 aliphatic heterocycles. The van der Waals surface area contributed by atoms with Crippen molar-refractivity contribution in [3.05, 3.63) is 23.9 Å². The smallest absolute Gasteiger partial charge is 0.328 e. The third-order valence-corrected chi connectivity index (χ3v) is 7.22. The van der Waals surface area contributed by atoms with Gasteiger partial charge in [-0.3, -0.25) is 4.68 Å². The first kappa shape index (κ1) is 21.9. The predicted molar refractivity (Wildman–Crippen MR) is 114 cm³/mol. The molecule has 0 spiro atoms. The molecule has 0 saturated heterocycles. The standard InChI is InChI=1S/C19H29N3O.C4H4O4/c1-2-5-22-17(3-1)12-18(21-22)23-6-4-20-19-15-8-13-7-14(10-15)11-16(19)9-13;5-3(6)1-2-4(7)8/h12-16,19-20H,1-11H2;1-2H,(H,5,6)(H,7,8). The van der Waals surface area contributed by atoms with E-state index in [9.17, 15) is 9.59 Å². The fourth-order valence-corrected chi connectivity index (χ4v) is 6.24. The quantitative estimate of drug-likeness (QED) is 0.449. The molecule has 1 aromatic rings. The number of aryl methyl sites for hydroxylation is 2. The van der Waals surface area contributed by atoms with Crippen LogP contribution < -0.4 is 10.1 Å². The van der Waals surface area contributed by atoms with Crippen molar-refractivity contribution in [3.63, 3.8) is 0 Å². The van der Waals surface area contributed by atoms with Crippen LogP contribution in [-0.2, 0) is 22.6 Å². The van der Waals surface area contributed by atoms with Gasteiger partial charge in [0, 0.05) is 43.0 Å². The molecule has 4 bridgehead atoms. The topological polar surface area (TPSA) is 114 Å². The average Bonchev–Trinajstić information content (AvgIpc) is 3.14. The number of hydrogen-bond donors (Lipinski definition) is 3. The maximum atomic E-state index is 9.55. The molecule has 0 amide bonds. The Kier molecular flexibility index (Phi) is 6.95. The molecule has 170 valence electrons. The van der Waals surface area contributed by atoms with Crippen molar-refractivity contribution in [3.8, 4) is 5.88 Å².